The minimum Gasteiger partial charge on any atom is -0.444 e. The zero-order valence-corrected chi connectivity index (χ0v) is 12.7. The maximum atomic E-state index is 11.8. The highest BCUT2D eigenvalue weighted by Gasteiger charge is 2.23. The van der Waals surface area contributed by atoms with Crippen molar-refractivity contribution in [3.05, 3.63) is 35.9 Å². The molecule has 0 aromatic heterocycles. The van der Waals surface area contributed by atoms with Crippen molar-refractivity contribution in [3.8, 4) is 0 Å². The molecule has 0 bridgehead atoms. The second-order valence-corrected chi connectivity index (χ2v) is 5.92. The van der Waals surface area contributed by atoms with E-state index in [2.05, 4.69) is 5.32 Å². The van der Waals surface area contributed by atoms with Crippen LogP contribution < -0.4 is 5.32 Å². The molecule has 1 aromatic rings. The van der Waals surface area contributed by atoms with Gasteiger partial charge >= 0.3 is 6.09 Å². The van der Waals surface area contributed by atoms with Crippen LogP contribution in [0.2, 0.25) is 0 Å². The zero-order valence-electron chi connectivity index (χ0n) is 12.7. The molecule has 4 heteroatoms. The van der Waals surface area contributed by atoms with Gasteiger partial charge < -0.3 is 15.2 Å². The van der Waals surface area contributed by atoms with Crippen LogP contribution in [0, 0.1) is 0 Å². The van der Waals surface area contributed by atoms with Crippen LogP contribution in [-0.2, 0) is 11.2 Å². The second-order valence-electron chi connectivity index (χ2n) is 5.92. The first-order valence-electron chi connectivity index (χ1n) is 7.03. The fraction of sp³-hybridized carbons (Fsp3) is 0.562. The van der Waals surface area contributed by atoms with Gasteiger partial charge in [-0.3, -0.25) is 0 Å². The summed E-state index contributed by atoms with van der Waals surface area (Å²) in [5, 5.41) is 12.8. The quantitative estimate of drug-likeness (QED) is 0.871. The molecule has 1 amide bonds. The molecule has 2 atom stereocenters. The summed E-state index contributed by atoms with van der Waals surface area (Å²) in [5.41, 5.74) is 0.527. The number of hydrogen-bond donors (Lipinski definition) is 2. The smallest absolute Gasteiger partial charge is 0.407 e. The van der Waals surface area contributed by atoms with Gasteiger partial charge in [0, 0.05) is 0 Å². The van der Waals surface area contributed by atoms with Crippen molar-refractivity contribution in [1.29, 1.82) is 0 Å². The monoisotopic (exact) mass is 279 g/mol. The molecule has 2 N–H and O–H groups in total. The SMILES string of the molecule is CC[C@@H](O)[C@H](Cc1ccccc1)NC(=O)OC(C)(C)C. The third kappa shape index (κ3) is 6.06. The molecule has 0 unspecified atom stereocenters. The first kappa shape index (κ1) is 16.5. The topological polar surface area (TPSA) is 58.6 Å². The normalized spacial score (nSPS) is 14.4. The lowest BCUT2D eigenvalue weighted by Gasteiger charge is -2.26. The van der Waals surface area contributed by atoms with Crippen molar-refractivity contribution in [1.82, 2.24) is 5.32 Å². The number of benzene rings is 1. The lowest BCUT2D eigenvalue weighted by Crippen LogP contribution is -2.46. The summed E-state index contributed by atoms with van der Waals surface area (Å²) in [6.45, 7) is 7.33. The highest BCUT2D eigenvalue weighted by atomic mass is 16.6. The van der Waals surface area contributed by atoms with Gasteiger partial charge in [0.05, 0.1) is 12.1 Å². The van der Waals surface area contributed by atoms with Gasteiger partial charge in [0.15, 0.2) is 0 Å². The van der Waals surface area contributed by atoms with Crippen molar-refractivity contribution in [3.63, 3.8) is 0 Å². The highest BCUT2D eigenvalue weighted by Crippen LogP contribution is 2.11. The van der Waals surface area contributed by atoms with E-state index in [1.54, 1.807) is 0 Å². The Morgan fingerprint density at radius 1 is 1.30 bits per heavy atom. The maximum absolute atomic E-state index is 11.8. The van der Waals surface area contributed by atoms with Gasteiger partial charge in [0.2, 0.25) is 0 Å². The standard InChI is InChI=1S/C16H25NO3/c1-5-14(18)13(11-12-9-7-6-8-10-12)17-15(19)20-16(2,3)4/h6-10,13-14,18H,5,11H2,1-4H3,(H,17,19)/t13-,14+/m0/s1. The molecule has 0 saturated heterocycles. The summed E-state index contributed by atoms with van der Waals surface area (Å²) in [5.74, 6) is 0. The van der Waals surface area contributed by atoms with Gasteiger partial charge in [0.1, 0.15) is 5.60 Å². The number of alkyl carbamates (subject to hydrolysis) is 1. The van der Waals surface area contributed by atoms with Crippen molar-refractivity contribution in [2.24, 2.45) is 0 Å². The molecule has 20 heavy (non-hydrogen) atoms. The lowest BCUT2D eigenvalue weighted by atomic mass is 10.00. The minimum atomic E-state index is -0.595. The molecular formula is C16H25NO3. The Bertz CT molecular complexity index is 411. The number of nitrogens with one attached hydrogen (secondary N) is 1. The van der Waals surface area contributed by atoms with E-state index in [4.69, 9.17) is 4.74 Å². The van der Waals surface area contributed by atoms with E-state index in [-0.39, 0.29) is 6.04 Å². The van der Waals surface area contributed by atoms with Crippen LogP contribution in [0.25, 0.3) is 0 Å². The van der Waals surface area contributed by atoms with E-state index in [1.165, 1.54) is 0 Å². The largest absolute Gasteiger partial charge is 0.444 e. The Morgan fingerprint density at radius 3 is 2.40 bits per heavy atom. The average Bonchev–Trinajstić information content (AvgIpc) is 2.36. The number of carbonyl (C=O) groups excluding carboxylic acids is 1. The van der Waals surface area contributed by atoms with Gasteiger partial charge in [-0.1, -0.05) is 37.3 Å². The van der Waals surface area contributed by atoms with Gasteiger partial charge in [-0.25, -0.2) is 4.79 Å². The Balaban J connectivity index is 2.68. The molecule has 4 nitrogen and oxygen atoms in total. The molecule has 0 saturated carbocycles. The maximum Gasteiger partial charge on any atom is 0.407 e. The summed E-state index contributed by atoms with van der Waals surface area (Å²) < 4.78 is 5.24. The molecule has 1 rings (SSSR count). The van der Waals surface area contributed by atoms with Gasteiger partial charge in [-0.2, -0.15) is 0 Å². The van der Waals surface area contributed by atoms with E-state index in [1.807, 2.05) is 58.0 Å². The average molecular weight is 279 g/mol. The molecule has 0 aliphatic carbocycles. The third-order valence-electron chi connectivity index (χ3n) is 2.88. The predicted molar refractivity (Wildman–Crippen MR) is 79.6 cm³/mol. The highest BCUT2D eigenvalue weighted by molar-refractivity contribution is 5.68. The molecule has 0 radical (unpaired) electrons. The van der Waals surface area contributed by atoms with Crippen molar-refractivity contribution in [2.75, 3.05) is 0 Å². The summed E-state index contributed by atoms with van der Waals surface area (Å²) in [6.07, 6.45) is 0.0659. The molecular weight excluding hydrogens is 254 g/mol. The van der Waals surface area contributed by atoms with E-state index < -0.39 is 17.8 Å². The molecule has 112 valence electrons. The van der Waals surface area contributed by atoms with Crippen LogP contribution in [0.1, 0.15) is 39.7 Å². The number of carbonyl (C=O) groups is 1. The van der Waals surface area contributed by atoms with Crippen LogP contribution in [0.15, 0.2) is 30.3 Å². The first-order valence-corrected chi connectivity index (χ1v) is 7.03. The first-order chi connectivity index (χ1) is 9.31. The van der Waals surface area contributed by atoms with E-state index in [9.17, 15) is 9.90 Å². The van der Waals surface area contributed by atoms with Gasteiger partial charge in [-0.15, -0.1) is 0 Å². The molecule has 0 aliphatic rings. The summed E-state index contributed by atoms with van der Waals surface area (Å²) >= 11 is 0. The molecule has 0 aliphatic heterocycles. The van der Waals surface area contributed by atoms with Crippen molar-refractivity contribution >= 4 is 6.09 Å². The van der Waals surface area contributed by atoms with Gasteiger partial charge in [-0.05, 0) is 39.2 Å². The van der Waals surface area contributed by atoms with E-state index in [0.717, 1.165) is 5.56 Å². The Labute approximate surface area is 121 Å². The molecule has 0 fully saturated rings. The predicted octanol–water partition coefficient (Wildman–Crippen LogP) is 2.89. The number of aliphatic hydroxyl groups is 1. The number of ether oxygens (including phenoxy) is 1. The Kier molecular flexibility index (Phi) is 6.02. The number of hydrogen-bond acceptors (Lipinski definition) is 3. The Morgan fingerprint density at radius 2 is 1.90 bits per heavy atom. The fourth-order valence-electron chi connectivity index (χ4n) is 1.89. The number of rotatable bonds is 5. The number of aliphatic hydroxyl groups excluding tert-OH is 1. The van der Waals surface area contributed by atoms with Crippen LogP contribution in [0.4, 0.5) is 4.79 Å². The molecule has 0 spiro atoms. The van der Waals surface area contributed by atoms with E-state index in [0.29, 0.717) is 12.8 Å². The summed E-state index contributed by atoms with van der Waals surface area (Å²) in [7, 11) is 0. The fourth-order valence-corrected chi connectivity index (χ4v) is 1.89. The molecule has 0 heterocycles. The number of amides is 1. The third-order valence-corrected chi connectivity index (χ3v) is 2.88. The minimum absolute atomic E-state index is 0.350. The molecule has 1 aromatic carbocycles. The zero-order chi connectivity index (χ0) is 15.2. The summed E-state index contributed by atoms with van der Waals surface area (Å²) in [4.78, 5) is 11.8. The van der Waals surface area contributed by atoms with Crippen LogP contribution in [-0.4, -0.2) is 28.9 Å². The van der Waals surface area contributed by atoms with E-state index >= 15 is 0 Å². The van der Waals surface area contributed by atoms with Crippen LogP contribution in [0.5, 0.6) is 0 Å². The van der Waals surface area contributed by atoms with Crippen molar-refractivity contribution in [2.45, 2.75) is 58.3 Å². The van der Waals surface area contributed by atoms with Crippen molar-refractivity contribution < 1.29 is 14.6 Å². The van der Waals surface area contributed by atoms with Gasteiger partial charge in [0.25, 0.3) is 0 Å². The summed E-state index contributed by atoms with van der Waals surface area (Å²) in [6, 6.07) is 9.43. The van der Waals surface area contributed by atoms with Crippen LogP contribution >= 0.6 is 0 Å². The Hall–Kier alpha value is -1.55. The van der Waals surface area contributed by atoms with Crippen LogP contribution in [0.3, 0.4) is 0 Å². The lowest BCUT2D eigenvalue weighted by molar-refractivity contribution is 0.0419. The second kappa shape index (κ2) is 7.29.